The van der Waals surface area contributed by atoms with Gasteiger partial charge in [0, 0.05) is 48.0 Å². The Morgan fingerprint density at radius 2 is 1.15 bits per heavy atom. The Bertz CT molecular complexity index is 1980. The van der Waals surface area contributed by atoms with E-state index in [0.29, 0.717) is 17.4 Å². The first-order chi connectivity index (χ1) is 22.6. The molecule has 2 fully saturated rings. The number of pyridine rings is 1. The Hall–Kier alpha value is -4.19. The molecular weight excluding hydrogens is 571 g/mol. The molecule has 1 N–H and O–H groups in total. The summed E-state index contributed by atoms with van der Waals surface area (Å²) < 4.78 is 34.8. The summed E-state index contributed by atoms with van der Waals surface area (Å²) in [6, 6.07) is 36.1. The highest BCUT2D eigenvalue weighted by Gasteiger charge is 2.38. The number of aromatic amines is 1. The second-order valence-electron chi connectivity index (χ2n) is 13.5. The first-order valence-corrected chi connectivity index (χ1v) is 17.1. The molecule has 0 radical (unpaired) electrons. The van der Waals surface area contributed by atoms with Crippen molar-refractivity contribution in [1.82, 2.24) is 9.05 Å². The average molecular weight is 613 g/mol. The molecular formula is C40H41BF2N3+. The minimum atomic E-state index is -2.65. The Kier molecular flexibility index (Phi) is 7.75. The van der Waals surface area contributed by atoms with Crippen molar-refractivity contribution in [2.45, 2.75) is 75.0 Å². The highest BCUT2D eigenvalue weighted by molar-refractivity contribution is 6.43. The third-order valence-corrected chi connectivity index (χ3v) is 11.1. The van der Waals surface area contributed by atoms with Gasteiger partial charge in [-0.25, -0.2) is 4.98 Å². The average Bonchev–Trinajstić information content (AvgIpc) is 3.68. The molecule has 2 aliphatic carbocycles. The second-order valence-corrected chi connectivity index (χ2v) is 13.5. The number of halogens is 2. The number of nitrogens with one attached hydrogen (secondary N) is 1. The van der Waals surface area contributed by atoms with Gasteiger partial charge in [0.2, 0.25) is 11.0 Å². The summed E-state index contributed by atoms with van der Waals surface area (Å²) in [6.07, 6.45) is 8.87. The molecule has 3 nitrogen and oxygen atoms in total. The number of fused-ring (bicyclic) bond motifs is 2. The quantitative estimate of drug-likeness (QED) is 0.167. The standard InChI is InChI=1S/C40H40BF2N3/c1-45-36(31-20-10-8-18-29(31)27-14-4-2-5-15-27)24-25-37(45)39-33-22-12-13-23-34(33)44-35-26-38(46(40(35)39)41(42)43)32-21-11-9-19-30(32)28-16-6-3-7-17-28/h2-7,12-17,22-26,29-32H,8-11,18-21H2,1H3/p+1. The van der Waals surface area contributed by atoms with Crippen LogP contribution in [0.4, 0.5) is 8.63 Å². The van der Waals surface area contributed by atoms with Crippen LogP contribution in [-0.2, 0) is 7.05 Å². The summed E-state index contributed by atoms with van der Waals surface area (Å²) in [5.74, 6) is 1.09. The molecule has 6 aromatic rings. The Balaban J connectivity index is 1.32. The lowest BCUT2D eigenvalue weighted by Crippen LogP contribution is -2.24. The van der Waals surface area contributed by atoms with E-state index < -0.39 is 7.40 Å². The van der Waals surface area contributed by atoms with Crippen LogP contribution in [0, 0.1) is 0 Å². The molecule has 0 spiro atoms. The number of benzene rings is 3. The number of nitrogens with zero attached hydrogens (tertiary/aromatic N) is 2. The number of hydrogen-bond donors (Lipinski definition) is 0. The van der Waals surface area contributed by atoms with Crippen molar-refractivity contribution < 1.29 is 13.6 Å². The fourth-order valence-corrected chi connectivity index (χ4v) is 9.05. The van der Waals surface area contributed by atoms with E-state index in [1.54, 1.807) is 0 Å². The molecule has 3 aromatic carbocycles. The van der Waals surface area contributed by atoms with Gasteiger partial charge >= 0.3 is 7.40 Å². The molecule has 0 bridgehead atoms. The highest BCUT2D eigenvalue weighted by atomic mass is 19.2. The molecule has 3 heterocycles. The van der Waals surface area contributed by atoms with Crippen molar-refractivity contribution >= 4 is 29.3 Å². The lowest BCUT2D eigenvalue weighted by molar-refractivity contribution is -0.310. The largest absolute Gasteiger partial charge is 0.678 e. The van der Waals surface area contributed by atoms with Gasteiger partial charge in [0.1, 0.15) is 5.52 Å². The van der Waals surface area contributed by atoms with Crippen molar-refractivity contribution in [1.29, 1.82) is 0 Å². The lowest BCUT2D eigenvalue weighted by atomic mass is 9.73. The maximum absolute atomic E-state index is 15.5. The molecule has 3 aromatic heterocycles. The number of para-hydroxylation sites is 1. The molecule has 0 amide bonds. The van der Waals surface area contributed by atoms with Crippen LogP contribution in [0.25, 0.3) is 33.2 Å². The van der Waals surface area contributed by atoms with E-state index in [1.165, 1.54) is 40.6 Å². The van der Waals surface area contributed by atoms with Crippen molar-refractivity contribution in [3.63, 3.8) is 0 Å². The third kappa shape index (κ3) is 4.97. The molecule has 0 aliphatic heterocycles. The van der Waals surface area contributed by atoms with Crippen LogP contribution in [-0.4, -0.2) is 16.4 Å². The summed E-state index contributed by atoms with van der Waals surface area (Å²) in [4.78, 5) is 3.58. The number of H-pyrrole nitrogens is 1. The van der Waals surface area contributed by atoms with Crippen LogP contribution in [0.2, 0.25) is 0 Å². The summed E-state index contributed by atoms with van der Waals surface area (Å²) in [5, 5.41) is 0.973. The summed E-state index contributed by atoms with van der Waals surface area (Å²) in [6.45, 7) is 0. The summed E-state index contributed by atoms with van der Waals surface area (Å²) in [5.41, 5.74) is 8.93. The van der Waals surface area contributed by atoms with Gasteiger partial charge in [-0.05, 0) is 66.8 Å². The smallest absolute Gasteiger partial charge is 0.347 e. The van der Waals surface area contributed by atoms with Gasteiger partial charge in [-0.15, -0.1) is 0 Å². The van der Waals surface area contributed by atoms with Crippen molar-refractivity contribution in [3.8, 4) is 11.3 Å². The van der Waals surface area contributed by atoms with Crippen LogP contribution in [0.5, 0.6) is 0 Å². The second kappa shape index (κ2) is 12.2. The predicted octanol–water partition coefficient (Wildman–Crippen LogP) is 10.3. The molecule has 6 heteroatoms. The van der Waals surface area contributed by atoms with E-state index >= 15 is 8.63 Å². The maximum Gasteiger partial charge on any atom is 0.678 e. The minimum absolute atomic E-state index is 0.0276. The van der Waals surface area contributed by atoms with E-state index in [-0.39, 0.29) is 11.8 Å². The van der Waals surface area contributed by atoms with Gasteiger partial charge < -0.3 is 9.05 Å². The number of rotatable bonds is 6. The van der Waals surface area contributed by atoms with Crippen LogP contribution in [0.1, 0.15) is 97.6 Å². The van der Waals surface area contributed by atoms with Crippen LogP contribution in [0.3, 0.4) is 0 Å². The molecule has 0 saturated heterocycles. The molecule has 4 unspecified atom stereocenters. The number of hydrogen-bond acceptors (Lipinski definition) is 0. The van der Waals surface area contributed by atoms with Gasteiger partial charge in [-0.3, -0.25) is 8.63 Å². The molecule has 46 heavy (non-hydrogen) atoms. The fourth-order valence-electron chi connectivity index (χ4n) is 9.05. The monoisotopic (exact) mass is 612 g/mol. The Labute approximate surface area is 270 Å². The zero-order chi connectivity index (χ0) is 31.2. The minimum Gasteiger partial charge on any atom is -0.347 e. The van der Waals surface area contributed by atoms with E-state index in [4.69, 9.17) is 0 Å². The molecule has 8 rings (SSSR count). The molecule has 4 atom stereocenters. The zero-order valence-electron chi connectivity index (χ0n) is 26.5. The van der Waals surface area contributed by atoms with Gasteiger partial charge in [-0.2, -0.15) is 0 Å². The Morgan fingerprint density at radius 3 is 1.76 bits per heavy atom. The normalized spacial score (nSPS) is 22.0. The first-order valence-electron chi connectivity index (χ1n) is 17.1. The van der Waals surface area contributed by atoms with E-state index in [9.17, 15) is 0 Å². The molecule has 232 valence electrons. The van der Waals surface area contributed by atoms with Crippen LogP contribution >= 0.6 is 0 Å². The van der Waals surface area contributed by atoms with Crippen molar-refractivity contribution in [2.24, 2.45) is 7.05 Å². The van der Waals surface area contributed by atoms with Crippen molar-refractivity contribution in [3.05, 3.63) is 126 Å². The van der Waals surface area contributed by atoms with Crippen LogP contribution in [0.15, 0.2) is 103 Å². The highest BCUT2D eigenvalue weighted by Crippen LogP contribution is 2.48. The fraction of sp³-hybridized carbons (Fsp3) is 0.325. The molecule has 2 saturated carbocycles. The van der Waals surface area contributed by atoms with Crippen LogP contribution < -0.4 is 4.98 Å². The molecule has 2 aliphatic rings. The van der Waals surface area contributed by atoms with Gasteiger partial charge in [0.15, 0.2) is 0 Å². The van der Waals surface area contributed by atoms with E-state index in [2.05, 4.69) is 95.5 Å². The van der Waals surface area contributed by atoms with Gasteiger partial charge in [0.25, 0.3) is 0 Å². The maximum atomic E-state index is 15.5. The summed E-state index contributed by atoms with van der Waals surface area (Å²) >= 11 is 0. The van der Waals surface area contributed by atoms with E-state index in [1.807, 2.05) is 24.3 Å². The first kappa shape index (κ1) is 29.2. The van der Waals surface area contributed by atoms with Gasteiger partial charge in [0.05, 0.1) is 11.1 Å². The van der Waals surface area contributed by atoms with E-state index in [0.717, 1.165) is 65.5 Å². The Morgan fingerprint density at radius 1 is 0.609 bits per heavy atom. The SMILES string of the molecule is Cn1c(-c2c3ccccc3[nH+]c3cc(C4CCCCC4c4ccccc4)n(B(F)F)c23)ccc1C1CCCCC1c1ccccc1. The predicted molar refractivity (Wildman–Crippen MR) is 185 cm³/mol. The topological polar surface area (TPSA) is 24.0 Å². The third-order valence-electron chi connectivity index (χ3n) is 11.1. The summed E-state index contributed by atoms with van der Waals surface area (Å²) in [7, 11) is -0.512. The zero-order valence-corrected chi connectivity index (χ0v) is 26.5. The van der Waals surface area contributed by atoms with Gasteiger partial charge in [-0.1, -0.05) is 98.5 Å². The van der Waals surface area contributed by atoms with Crippen molar-refractivity contribution in [2.75, 3.05) is 0 Å². The lowest BCUT2D eigenvalue weighted by Gasteiger charge is -2.33. The number of aromatic nitrogens is 3.